The number of ether oxygens (including phenoxy) is 3. The summed E-state index contributed by atoms with van der Waals surface area (Å²) in [6.45, 7) is 1.85. The molecule has 10 nitrogen and oxygen atoms in total. The van der Waals surface area contributed by atoms with Gasteiger partial charge in [0.1, 0.15) is 29.5 Å². The predicted molar refractivity (Wildman–Crippen MR) is 143 cm³/mol. The van der Waals surface area contributed by atoms with Crippen molar-refractivity contribution in [3.8, 4) is 17.2 Å². The Morgan fingerprint density at radius 1 is 0.946 bits per heavy atom. The quantitative estimate of drug-likeness (QED) is 0.211. The number of allylic oxidation sites excluding steroid dienone is 1. The number of nitrogens with one attached hydrogen (secondary N) is 1. The first-order chi connectivity index (χ1) is 17.9. The van der Waals surface area contributed by atoms with Crippen LogP contribution in [0.2, 0.25) is 0 Å². The Balaban J connectivity index is 1.57. The summed E-state index contributed by atoms with van der Waals surface area (Å²) < 4.78 is 16.3. The van der Waals surface area contributed by atoms with E-state index in [0.717, 1.165) is 11.1 Å². The van der Waals surface area contributed by atoms with Crippen molar-refractivity contribution < 1.29 is 24.1 Å². The number of hydrogen-bond donors (Lipinski definition) is 3. The molecule has 0 aliphatic heterocycles. The fourth-order valence-electron chi connectivity index (χ4n) is 3.64. The van der Waals surface area contributed by atoms with Gasteiger partial charge in [0.15, 0.2) is 5.75 Å². The van der Waals surface area contributed by atoms with Crippen molar-refractivity contribution in [2.45, 2.75) is 6.92 Å². The summed E-state index contributed by atoms with van der Waals surface area (Å²) in [6.07, 6.45) is 3.45. The molecule has 0 saturated heterocycles. The van der Waals surface area contributed by atoms with Crippen LogP contribution in [-0.2, 0) is 0 Å². The third-order valence-electron chi connectivity index (χ3n) is 5.57. The van der Waals surface area contributed by atoms with Gasteiger partial charge in [-0.1, -0.05) is 6.08 Å². The first kappa shape index (κ1) is 25.4. The molecular formula is C27H27N5O5. The number of carbonyl (C=O) groups is 1. The Hall–Kier alpha value is -4.70. The number of nitrogen functional groups attached to an aromatic ring is 1. The molecule has 4 N–H and O–H groups in total. The lowest BCUT2D eigenvalue weighted by molar-refractivity contribution is 0.106. The van der Waals surface area contributed by atoms with Gasteiger partial charge in [-0.25, -0.2) is 0 Å². The SMILES string of the molecule is COc1ccc(/N=N/c2cc(OC)c(N/N=C3/C=Cc4cc(N)ccc4C3=O)cc2C)c(OCCO)c1. The van der Waals surface area contributed by atoms with Crippen LogP contribution in [0.25, 0.3) is 6.08 Å². The molecule has 0 heterocycles. The molecule has 37 heavy (non-hydrogen) atoms. The largest absolute Gasteiger partial charge is 0.497 e. The molecule has 1 aliphatic rings. The second-order valence-electron chi connectivity index (χ2n) is 8.06. The van der Waals surface area contributed by atoms with Gasteiger partial charge in [0.05, 0.1) is 32.2 Å². The number of aryl methyl sites for hydroxylation is 1. The zero-order valence-corrected chi connectivity index (χ0v) is 20.7. The van der Waals surface area contributed by atoms with E-state index in [1.165, 1.54) is 7.11 Å². The van der Waals surface area contributed by atoms with E-state index >= 15 is 0 Å². The van der Waals surface area contributed by atoms with Crippen molar-refractivity contribution in [1.29, 1.82) is 0 Å². The molecule has 0 saturated carbocycles. The number of nitrogens with two attached hydrogens (primary N) is 1. The Kier molecular flexibility index (Phi) is 7.80. The molecule has 0 bridgehead atoms. The van der Waals surface area contributed by atoms with E-state index in [9.17, 15) is 4.79 Å². The van der Waals surface area contributed by atoms with Gasteiger partial charge < -0.3 is 25.1 Å². The Morgan fingerprint density at radius 3 is 2.51 bits per heavy atom. The van der Waals surface area contributed by atoms with E-state index in [1.807, 2.05) is 6.92 Å². The maximum absolute atomic E-state index is 12.8. The molecule has 0 spiro atoms. The summed E-state index contributed by atoms with van der Waals surface area (Å²) in [4.78, 5) is 12.8. The smallest absolute Gasteiger partial charge is 0.213 e. The molecule has 0 radical (unpaired) electrons. The molecule has 3 aromatic rings. The first-order valence-corrected chi connectivity index (χ1v) is 11.4. The van der Waals surface area contributed by atoms with Crippen LogP contribution in [0.3, 0.4) is 0 Å². The molecule has 0 aromatic heterocycles. The van der Waals surface area contributed by atoms with Crippen molar-refractivity contribution in [1.82, 2.24) is 0 Å². The van der Waals surface area contributed by atoms with E-state index in [-0.39, 0.29) is 24.7 Å². The van der Waals surface area contributed by atoms with Gasteiger partial charge >= 0.3 is 0 Å². The average Bonchev–Trinajstić information content (AvgIpc) is 2.91. The van der Waals surface area contributed by atoms with Crippen molar-refractivity contribution >= 4 is 40.3 Å². The number of ketones is 1. The third-order valence-corrected chi connectivity index (χ3v) is 5.57. The highest BCUT2D eigenvalue weighted by Crippen LogP contribution is 2.36. The first-order valence-electron chi connectivity index (χ1n) is 11.4. The number of Topliss-reactive ketones (excluding diaryl/α,β-unsaturated/α-hetero) is 1. The summed E-state index contributed by atoms with van der Waals surface area (Å²) in [5, 5.41) is 22.1. The van der Waals surface area contributed by atoms with Crippen molar-refractivity contribution in [2.75, 3.05) is 38.6 Å². The normalized spacial score (nSPS) is 13.6. The van der Waals surface area contributed by atoms with Crippen LogP contribution < -0.4 is 25.4 Å². The Bertz CT molecular complexity index is 1410. The van der Waals surface area contributed by atoms with E-state index in [2.05, 4.69) is 20.8 Å². The molecule has 0 amide bonds. The van der Waals surface area contributed by atoms with Crippen LogP contribution in [0.1, 0.15) is 21.5 Å². The number of rotatable bonds is 9. The van der Waals surface area contributed by atoms with Crippen molar-refractivity contribution in [3.05, 3.63) is 71.3 Å². The molecule has 0 unspecified atom stereocenters. The standard InChI is InChI=1S/C27H27N5O5/c1-16-12-24(32-30-22-8-4-17-13-18(28)5-7-20(17)27(22)34)25(36-3)15-23(16)31-29-21-9-6-19(35-2)14-26(21)37-11-10-33/h4-9,12-15,32-33H,10-11,28H2,1-3H3/b30-22-,31-29+. The fourth-order valence-corrected chi connectivity index (χ4v) is 3.64. The summed E-state index contributed by atoms with van der Waals surface area (Å²) in [5.41, 5.74) is 13.3. The number of hydrazone groups is 1. The van der Waals surface area contributed by atoms with Crippen LogP contribution >= 0.6 is 0 Å². The highest BCUT2D eigenvalue weighted by atomic mass is 16.5. The molecule has 10 heteroatoms. The number of azo groups is 1. The lowest BCUT2D eigenvalue weighted by Crippen LogP contribution is -2.18. The number of carbonyl (C=O) groups excluding carboxylic acids is 1. The minimum absolute atomic E-state index is 0.114. The fraction of sp³-hybridized carbons (Fsp3) is 0.185. The van der Waals surface area contributed by atoms with Crippen LogP contribution in [-0.4, -0.2) is 44.0 Å². The van der Waals surface area contributed by atoms with Gasteiger partial charge in [-0.15, -0.1) is 5.11 Å². The Morgan fingerprint density at radius 2 is 1.76 bits per heavy atom. The van der Waals surface area contributed by atoms with Gasteiger partial charge in [0.25, 0.3) is 0 Å². The summed E-state index contributed by atoms with van der Waals surface area (Å²) >= 11 is 0. The number of fused-ring (bicyclic) bond motifs is 1. The maximum Gasteiger partial charge on any atom is 0.213 e. The number of hydrogen-bond acceptors (Lipinski definition) is 10. The monoisotopic (exact) mass is 501 g/mol. The number of aliphatic hydroxyl groups is 1. The number of anilines is 2. The second kappa shape index (κ2) is 11.4. The van der Waals surface area contributed by atoms with Crippen LogP contribution in [0.5, 0.6) is 17.2 Å². The second-order valence-corrected chi connectivity index (χ2v) is 8.06. The molecular weight excluding hydrogens is 474 g/mol. The van der Waals surface area contributed by atoms with E-state index < -0.39 is 0 Å². The number of methoxy groups -OCH3 is 2. The molecule has 0 fully saturated rings. The maximum atomic E-state index is 12.8. The lowest BCUT2D eigenvalue weighted by atomic mass is 9.94. The van der Waals surface area contributed by atoms with Crippen molar-refractivity contribution in [2.24, 2.45) is 15.3 Å². The Labute approximate surface area is 214 Å². The minimum atomic E-state index is -0.204. The van der Waals surface area contributed by atoms with Crippen LogP contribution in [0.4, 0.5) is 22.7 Å². The summed E-state index contributed by atoms with van der Waals surface area (Å²) in [7, 11) is 3.08. The highest BCUT2D eigenvalue weighted by molar-refractivity contribution is 6.52. The van der Waals surface area contributed by atoms with E-state index in [0.29, 0.717) is 45.6 Å². The topological polar surface area (TPSA) is 140 Å². The molecule has 190 valence electrons. The van der Waals surface area contributed by atoms with E-state index in [1.54, 1.807) is 67.8 Å². The predicted octanol–water partition coefficient (Wildman–Crippen LogP) is 5.06. The van der Waals surface area contributed by atoms with Gasteiger partial charge in [-0.05, 0) is 60.5 Å². The minimum Gasteiger partial charge on any atom is -0.497 e. The third kappa shape index (κ3) is 5.76. The molecule has 4 rings (SSSR count). The summed E-state index contributed by atoms with van der Waals surface area (Å²) in [5.74, 6) is 1.30. The highest BCUT2D eigenvalue weighted by Gasteiger charge is 2.20. The van der Waals surface area contributed by atoms with Gasteiger partial charge in [0, 0.05) is 23.4 Å². The van der Waals surface area contributed by atoms with Crippen molar-refractivity contribution in [3.63, 3.8) is 0 Å². The number of aliphatic hydroxyl groups excluding tert-OH is 1. The average molecular weight is 502 g/mol. The van der Waals surface area contributed by atoms with Gasteiger partial charge in [0.2, 0.25) is 5.78 Å². The zero-order valence-electron chi connectivity index (χ0n) is 20.7. The van der Waals surface area contributed by atoms with Gasteiger partial charge in [-0.3, -0.25) is 10.2 Å². The molecule has 3 aromatic carbocycles. The number of benzene rings is 3. The molecule has 0 atom stereocenters. The zero-order chi connectivity index (χ0) is 26.4. The van der Waals surface area contributed by atoms with E-state index in [4.69, 9.17) is 25.1 Å². The summed E-state index contributed by atoms with van der Waals surface area (Å²) in [6, 6.07) is 13.8. The van der Waals surface area contributed by atoms with Crippen LogP contribution in [0.15, 0.2) is 69.9 Å². The number of nitrogens with zero attached hydrogens (tertiary/aromatic N) is 3. The molecule has 1 aliphatic carbocycles. The van der Waals surface area contributed by atoms with Gasteiger partial charge in [-0.2, -0.15) is 10.2 Å². The van der Waals surface area contributed by atoms with Crippen LogP contribution in [0, 0.1) is 6.92 Å². The lowest BCUT2D eigenvalue weighted by Gasteiger charge is -2.14.